The minimum Gasteiger partial charge on any atom is -0.258 e. The van der Waals surface area contributed by atoms with Crippen LogP contribution in [0.4, 0.5) is 10.1 Å². The molecule has 0 saturated carbocycles. The summed E-state index contributed by atoms with van der Waals surface area (Å²) in [6.07, 6.45) is 0. The van der Waals surface area contributed by atoms with E-state index in [0.29, 0.717) is 4.47 Å². The van der Waals surface area contributed by atoms with Crippen LogP contribution in [0.15, 0.2) is 51.8 Å². The Kier molecular flexibility index (Phi) is 4.38. The molecule has 0 aliphatic heterocycles. The average Bonchev–Trinajstić information content (AvgIpc) is 2.40. The fraction of sp³-hybridized carbons (Fsp3) is 0.0769. The van der Waals surface area contributed by atoms with Gasteiger partial charge >= 0.3 is 0 Å². The van der Waals surface area contributed by atoms with Gasteiger partial charge in [0.05, 0.1) is 10.7 Å². The topological polar surface area (TPSA) is 77.3 Å². The molecule has 0 radical (unpaired) electrons. The number of nitrogens with zero attached hydrogens (tertiary/aromatic N) is 1. The maximum Gasteiger partial charge on any atom is 0.274 e. The van der Waals surface area contributed by atoms with Gasteiger partial charge in [-0.2, -0.15) is 0 Å². The number of rotatable bonds is 4. The summed E-state index contributed by atoms with van der Waals surface area (Å²) in [5.41, 5.74) is -0.323. The van der Waals surface area contributed by atoms with E-state index in [1.165, 1.54) is 30.3 Å². The van der Waals surface area contributed by atoms with Gasteiger partial charge in [0.25, 0.3) is 5.69 Å². The molecule has 21 heavy (non-hydrogen) atoms. The second kappa shape index (κ2) is 5.90. The first-order valence-corrected chi connectivity index (χ1v) is 8.16. The highest BCUT2D eigenvalue weighted by atomic mass is 79.9. The second-order valence-corrected chi connectivity index (χ2v) is 7.09. The van der Waals surface area contributed by atoms with E-state index in [1.807, 2.05) is 0 Å². The van der Waals surface area contributed by atoms with E-state index in [1.54, 1.807) is 0 Å². The first-order chi connectivity index (χ1) is 9.81. The van der Waals surface area contributed by atoms with Crippen LogP contribution in [0, 0.1) is 15.9 Å². The number of benzene rings is 2. The van der Waals surface area contributed by atoms with Gasteiger partial charge in [0, 0.05) is 16.1 Å². The lowest BCUT2D eigenvalue weighted by Gasteiger charge is -2.06. The highest BCUT2D eigenvalue weighted by Crippen LogP contribution is 2.27. The maximum atomic E-state index is 13.6. The van der Waals surface area contributed by atoms with Gasteiger partial charge in [-0.1, -0.05) is 34.1 Å². The summed E-state index contributed by atoms with van der Waals surface area (Å²) < 4.78 is 38.5. The van der Waals surface area contributed by atoms with Crippen molar-refractivity contribution in [3.8, 4) is 0 Å². The third kappa shape index (κ3) is 3.45. The number of halogens is 2. The van der Waals surface area contributed by atoms with Crippen molar-refractivity contribution < 1.29 is 17.7 Å². The second-order valence-electron chi connectivity index (χ2n) is 4.22. The number of nitro benzene ring substituents is 1. The van der Waals surface area contributed by atoms with Crippen molar-refractivity contribution in [1.29, 1.82) is 0 Å². The van der Waals surface area contributed by atoms with Crippen LogP contribution < -0.4 is 0 Å². The Balaban J connectivity index is 2.47. The molecule has 0 aliphatic rings. The van der Waals surface area contributed by atoms with Crippen LogP contribution in [0.25, 0.3) is 0 Å². The van der Waals surface area contributed by atoms with Crippen molar-refractivity contribution >= 4 is 31.5 Å². The van der Waals surface area contributed by atoms with Crippen molar-refractivity contribution in [3.63, 3.8) is 0 Å². The number of hydrogen-bond acceptors (Lipinski definition) is 4. The van der Waals surface area contributed by atoms with E-state index >= 15 is 0 Å². The lowest BCUT2D eigenvalue weighted by Crippen LogP contribution is -2.08. The third-order valence-electron chi connectivity index (χ3n) is 2.76. The molecular weight excluding hydrogens is 365 g/mol. The van der Waals surface area contributed by atoms with Crippen LogP contribution in [0.1, 0.15) is 5.56 Å². The molecule has 5 nitrogen and oxygen atoms in total. The lowest BCUT2D eigenvalue weighted by atomic mass is 10.2. The molecule has 0 saturated heterocycles. The van der Waals surface area contributed by atoms with Gasteiger partial charge in [-0.3, -0.25) is 10.1 Å². The number of hydrogen-bond donors (Lipinski definition) is 0. The zero-order chi connectivity index (χ0) is 15.6. The fourth-order valence-electron chi connectivity index (χ4n) is 1.81. The molecule has 2 aromatic carbocycles. The van der Waals surface area contributed by atoms with Gasteiger partial charge in [0.15, 0.2) is 9.84 Å². The van der Waals surface area contributed by atoms with E-state index in [0.717, 1.165) is 12.1 Å². The Morgan fingerprint density at radius 2 is 1.86 bits per heavy atom. The van der Waals surface area contributed by atoms with Crippen LogP contribution >= 0.6 is 15.9 Å². The summed E-state index contributed by atoms with van der Waals surface area (Å²) in [5.74, 6) is -1.52. The van der Waals surface area contributed by atoms with Crippen LogP contribution in [0.3, 0.4) is 0 Å². The third-order valence-corrected chi connectivity index (χ3v) is 4.95. The zero-order valence-corrected chi connectivity index (χ0v) is 12.9. The highest BCUT2D eigenvalue weighted by Gasteiger charge is 2.24. The molecule has 0 heterocycles. The van der Waals surface area contributed by atoms with Gasteiger partial charge < -0.3 is 0 Å². The molecule has 0 unspecified atom stereocenters. The van der Waals surface area contributed by atoms with Gasteiger partial charge in [-0.25, -0.2) is 12.8 Å². The summed E-state index contributed by atoms with van der Waals surface area (Å²) in [5, 5.41) is 11.0. The van der Waals surface area contributed by atoms with Crippen LogP contribution in [-0.4, -0.2) is 13.3 Å². The number of sulfone groups is 1. The summed E-state index contributed by atoms with van der Waals surface area (Å²) in [6.45, 7) is 0. The standard InChI is InChI=1S/C13H9BrFNO4S/c14-10-6-5-9(12(7-10)16(17)18)8-21(19,20)13-4-2-1-3-11(13)15/h1-7H,8H2. The Hall–Kier alpha value is -1.80. The molecule has 2 aromatic rings. The molecule has 0 atom stereocenters. The molecule has 0 bridgehead atoms. The first-order valence-electron chi connectivity index (χ1n) is 5.71. The molecule has 0 spiro atoms. The fourth-order valence-corrected chi connectivity index (χ4v) is 3.62. The first kappa shape index (κ1) is 15.6. The van der Waals surface area contributed by atoms with E-state index < -0.39 is 31.2 Å². The van der Waals surface area contributed by atoms with Crippen LogP contribution in [0.5, 0.6) is 0 Å². The van der Waals surface area contributed by atoms with Crippen LogP contribution in [-0.2, 0) is 15.6 Å². The summed E-state index contributed by atoms with van der Waals surface area (Å²) in [4.78, 5) is 9.84. The van der Waals surface area contributed by atoms with Crippen molar-refractivity contribution in [2.45, 2.75) is 10.6 Å². The van der Waals surface area contributed by atoms with E-state index in [-0.39, 0.29) is 11.3 Å². The molecule has 0 amide bonds. The van der Waals surface area contributed by atoms with Crippen molar-refractivity contribution in [2.24, 2.45) is 0 Å². The van der Waals surface area contributed by atoms with E-state index in [4.69, 9.17) is 0 Å². The molecular formula is C13H9BrFNO4S. The predicted molar refractivity (Wildman–Crippen MR) is 78.1 cm³/mol. The van der Waals surface area contributed by atoms with Crippen molar-refractivity contribution in [1.82, 2.24) is 0 Å². The van der Waals surface area contributed by atoms with Crippen LogP contribution in [0.2, 0.25) is 0 Å². The molecule has 0 aliphatic carbocycles. The summed E-state index contributed by atoms with van der Waals surface area (Å²) >= 11 is 3.09. The van der Waals surface area contributed by atoms with Gasteiger partial charge in [-0.15, -0.1) is 0 Å². The quantitative estimate of drug-likeness (QED) is 0.607. The SMILES string of the molecule is O=[N+]([O-])c1cc(Br)ccc1CS(=O)(=O)c1ccccc1F. The molecule has 0 N–H and O–H groups in total. The molecule has 2 rings (SSSR count). The summed E-state index contributed by atoms with van der Waals surface area (Å²) in [7, 11) is -4.01. The molecule has 0 fully saturated rings. The Morgan fingerprint density at radius 1 is 1.19 bits per heavy atom. The molecule has 110 valence electrons. The summed E-state index contributed by atoms with van der Waals surface area (Å²) in [6, 6.07) is 8.98. The largest absolute Gasteiger partial charge is 0.274 e. The lowest BCUT2D eigenvalue weighted by molar-refractivity contribution is -0.385. The minimum atomic E-state index is -4.01. The Bertz CT molecular complexity index is 808. The molecule has 8 heteroatoms. The zero-order valence-electron chi connectivity index (χ0n) is 10.5. The Labute approximate surface area is 128 Å². The Morgan fingerprint density at radius 3 is 2.48 bits per heavy atom. The van der Waals surface area contributed by atoms with Gasteiger partial charge in [0.1, 0.15) is 10.7 Å². The normalized spacial score (nSPS) is 11.3. The monoisotopic (exact) mass is 373 g/mol. The van der Waals surface area contributed by atoms with Gasteiger partial charge in [0.2, 0.25) is 0 Å². The highest BCUT2D eigenvalue weighted by molar-refractivity contribution is 9.10. The predicted octanol–water partition coefficient (Wildman–Crippen LogP) is 3.47. The molecule has 0 aromatic heterocycles. The van der Waals surface area contributed by atoms with Crippen molar-refractivity contribution in [2.75, 3.05) is 0 Å². The minimum absolute atomic E-state index is 0.00598. The maximum absolute atomic E-state index is 13.6. The van der Waals surface area contributed by atoms with Crippen molar-refractivity contribution in [3.05, 3.63) is 68.4 Å². The van der Waals surface area contributed by atoms with E-state index in [9.17, 15) is 22.9 Å². The smallest absolute Gasteiger partial charge is 0.258 e. The van der Waals surface area contributed by atoms with Gasteiger partial charge in [-0.05, 0) is 18.2 Å². The van der Waals surface area contributed by atoms with E-state index in [2.05, 4.69) is 15.9 Å². The number of nitro groups is 1. The average molecular weight is 374 g/mol.